The summed E-state index contributed by atoms with van der Waals surface area (Å²) in [7, 11) is 0. The Kier molecular flexibility index (Phi) is 4.77. The number of ether oxygens (including phenoxy) is 1. The molecule has 0 aromatic rings. The largest absolute Gasteiger partial charge is 0.480 e. The van der Waals surface area contributed by atoms with E-state index in [4.69, 9.17) is 9.84 Å². The number of fused-ring (bicyclic) bond motifs is 5. The molecule has 4 aliphatic carbocycles. The molecule has 0 radical (unpaired) electrons. The molecule has 0 bridgehead atoms. The fourth-order valence-corrected chi connectivity index (χ4v) is 7.69. The lowest BCUT2D eigenvalue weighted by Gasteiger charge is -2.58. The monoisotopic (exact) mass is 374 g/mol. The average molecular weight is 375 g/mol. The lowest BCUT2D eigenvalue weighted by atomic mass is 9.46. The van der Waals surface area contributed by atoms with E-state index in [0.29, 0.717) is 30.0 Å². The molecule has 4 rings (SSSR count). The lowest BCUT2D eigenvalue weighted by Crippen LogP contribution is -2.51. The molecule has 0 spiro atoms. The zero-order chi connectivity index (χ0) is 19.4. The molecule has 4 nitrogen and oxygen atoms in total. The topological polar surface area (TPSA) is 63.6 Å². The standard InChI is InChI=1S/C23H34O4/c1-14(27-13-21(25)26)18-6-7-19-17-5-4-15-12-16(24)8-10-22(15,2)20(17)9-11-23(18,19)3/h12,14,17-20H,4-11,13H2,1-3H3,(H,25,26)/t14-,17+,18-,19+,20+,22+,23-/m1/s1. The van der Waals surface area contributed by atoms with E-state index in [-0.39, 0.29) is 23.5 Å². The number of carbonyl (C=O) groups excluding carboxylic acids is 1. The normalized spacial score (nSPS) is 44.7. The van der Waals surface area contributed by atoms with E-state index in [1.807, 2.05) is 6.08 Å². The maximum Gasteiger partial charge on any atom is 0.329 e. The van der Waals surface area contributed by atoms with Crippen LogP contribution >= 0.6 is 0 Å². The zero-order valence-electron chi connectivity index (χ0n) is 17.0. The molecule has 0 saturated heterocycles. The van der Waals surface area contributed by atoms with Gasteiger partial charge < -0.3 is 9.84 Å². The summed E-state index contributed by atoms with van der Waals surface area (Å²) in [6.45, 7) is 6.76. The minimum atomic E-state index is -0.878. The van der Waals surface area contributed by atoms with Crippen molar-refractivity contribution in [2.75, 3.05) is 6.61 Å². The van der Waals surface area contributed by atoms with E-state index < -0.39 is 5.97 Å². The van der Waals surface area contributed by atoms with Crippen LogP contribution in [0.4, 0.5) is 0 Å². The van der Waals surface area contributed by atoms with E-state index in [2.05, 4.69) is 20.8 Å². The van der Waals surface area contributed by atoms with Gasteiger partial charge in [0.1, 0.15) is 6.61 Å². The van der Waals surface area contributed by atoms with Gasteiger partial charge in [0, 0.05) is 6.42 Å². The third-order valence-electron chi connectivity index (χ3n) is 9.07. The summed E-state index contributed by atoms with van der Waals surface area (Å²) in [6, 6.07) is 0. The predicted octanol–water partition coefficient (Wildman–Crippen LogP) is 4.62. The minimum absolute atomic E-state index is 0.00888. The number of rotatable bonds is 4. The van der Waals surface area contributed by atoms with E-state index in [1.54, 1.807) is 0 Å². The molecular weight excluding hydrogens is 340 g/mol. The van der Waals surface area contributed by atoms with Gasteiger partial charge in [0.25, 0.3) is 0 Å². The third kappa shape index (κ3) is 2.99. The van der Waals surface area contributed by atoms with Gasteiger partial charge in [0.15, 0.2) is 5.78 Å². The first-order valence-electron chi connectivity index (χ1n) is 10.8. The van der Waals surface area contributed by atoms with Gasteiger partial charge in [-0.1, -0.05) is 19.4 Å². The molecule has 7 atom stereocenters. The summed E-state index contributed by atoms with van der Waals surface area (Å²) in [6.07, 6.45) is 10.9. The van der Waals surface area contributed by atoms with E-state index >= 15 is 0 Å². The Morgan fingerprint density at radius 3 is 2.70 bits per heavy atom. The molecule has 4 heteroatoms. The maximum absolute atomic E-state index is 11.9. The Labute approximate surface area is 162 Å². The van der Waals surface area contributed by atoms with E-state index in [1.165, 1.54) is 31.3 Å². The van der Waals surface area contributed by atoms with Gasteiger partial charge in [-0.15, -0.1) is 0 Å². The second-order valence-corrected chi connectivity index (χ2v) is 10.1. The number of hydrogen-bond donors (Lipinski definition) is 1. The highest BCUT2D eigenvalue weighted by Crippen LogP contribution is 2.67. The molecule has 4 aliphatic rings. The number of aliphatic carboxylic acids is 1. The Morgan fingerprint density at radius 2 is 1.96 bits per heavy atom. The van der Waals surface area contributed by atoms with Gasteiger partial charge in [-0.25, -0.2) is 4.79 Å². The number of carboxylic acid groups (broad SMARTS) is 1. The van der Waals surface area contributed by atoms with E-state index in [0.717, 1.165) is 25.2 Å². The van der Waals surface area contributed by atoms with Crippen molar-refractivity contribution in [2.45, 2.75) is 78.2 Å². The SMILES string of the molecule is C[C@@H](OCC(=O)O)[C@H]1CC[C@H]2[C@@H]3CCC4=CC(=O)CC[C@]4(C)[C@H]3CC[C@]12C. The molecule has 0 aromatic carbocycles. The van der Waals surface area contributed by atoms with Crippen molar-refractivity contribution in [3.8, 4) is 0 Å². The Balaban J connectivity index is 1.55. The average Bonchev–Trinajstić information content (AvgIpc) is 2.97. The number of ketones is 1. The maximum atomic E-state index is 11.9. The summed E-state index contributed by atoms with van der Waals surface area (Å²) in [4.78, 5) is 22.9. The van der Waals surface area contributed by atoms with Gasteiger partial charge in [0.2, 0.25) is 0 Å². The first kappa shape index (κ1) is 19.2. The molecule has 1 N–H and O–H groups in total. The quantitative estimate of drug-likeness (QED) is 0.779. The van der Waals surface area contributed by atoms with Crippen LogP contribution in [0.1, 0.15) is 72.1 Å². The molecule has 0 amide bonds. The van der Waals surface area contributed by atoms with Crippen molar-refractivity contribution in [1.82, 2.24) is 0 Å². The Bertz CT molecular complexity index is 667. The van der Waals surface area contributed by atoms with Crippen LogP contribution in [0.15, 0.2) is 11.6 Å². The van der Waals surface area contributed by atoms with Crippen LogP contribution in [0.5, 0.6) is 0 Å². The molecule has 3 saturated carbocycles. The first-order chi connectivity index (χ1) is 12.8. The van der Waals surface area contributed by atoms with Crippen molar-refractivity contribution in [3.05, 3.63) is 11.6 Å². The zero-order valence-corrected chi connectivity index (χ0v) is 17.0. The van der Waals surface area contributed by atoms with Gasteiger partial charge in [-0.05, 0) is 92.4 Å². The summed E-state index contributed by atoms with van der Waals surface area (Å²) < 4.78 is 5.71. The number of carboxylic acids is 1. The van der Waals surface area contributed by atoms with Crippen LogP contribution in [-0.4, -0.2) is 29.6 Å². The minimum Gasteiger partial charge on any atom is -0.480 e. The van der Waals surface area contributed by atoms with Crippen molar-refractivity contribution >= 4 is 11.8 Å². The second-order valence-electron chi connectivity index (χ2n) is 10.1. The van der Waals surface area contributed by atoms with Crippen LogP contribution < -0.4 is 0 Å². The molecule has 27 heavy (non-hydrogen) atoms. The molecule has 150 valence electrons. The van der Waals surface area contributed by atoms with E-state index in [9.17, 15) is 9.59 Å². The number of allylic oxidation sites excluding steroid dienone is 1. The molecule has 0 heterocycles. The van der Waals surface area contributed by atoms with Crippen LogP contribution in [0.3, 0.4) is 0 Å². The highest BCUT2D eigenvalue weighted by molar-refractivity contribution is 5.91. The number of hydrogen-bond acceptors (Lipinski definition) is 3. The third-order valence-corrected chi connectivity index (χ3v) is 9.07. The first-order valence-corrected chi connectivity index (χ1v) is 10.8. The predicted molar refractivity (Wildman–Crippen MR) is 103 cm³/mol. The van der Waals surface area contributed by atoms with Gasteiger partial charge >= 0.3 is 5.97 Å². The summed E-state index contributed by atoms with van der Waals surface area (Å²) >= 11 is 0. The molecular formula is C23H34O4. The highest BCUT2D eigenvalue weighted by atomic mass is 16.5. The van der Waals surface area contributed by atoms with Gasteiger partial charge in [0.05, 0.1) is 6.10 Å². The van der Waals surface area contributed by atoms with Crippen molar-refractivity contribution < 1.29 is 19.4 Å². The lowest BCUT2D eigenvalue weighted by molar-refractivity contribution is -0.147. The molecule has 3 fully saturated rings. The van der Waals surface area contributed by atoms with Crippen molar-refractivity contribution in [1.29, 1.82) is 0 Å². The summed E-state index contributed by atoms with van der Waals surface area (Å²) in [5, 5.41) is 8.96. The molecule has 0 unspecified atom stereocenters. The Hall–Kier alpha value is -1.16. The summed E-state index contributed by atoms with van der Waals surface area (Å²) in [5.74, 6) is 2.07. The van der Waals surface area contributed by atoms with Gasteiger partial charge in [-0.2, -0.15) is 0 Å². The summed E-state index contributed by atoms with van der Waals surface area (Å²) in [5.41, 5.74) is 1.92. The number of carbonyl (C=O) groups is 2. The highest BCUT2D eigenvalue weighted by Gasteiger charge is 2.59. The molecule has 0 aromatic heterocycles. The van der Waals surface area contributed by atoms with Crippen LogP contribution in [0.2, 0.25) is 0 Å². The van der Waals surface area contributed by atoms with Crippen LogP contribution in [-0.2, 0) is 14.3 Å². The fourth-order valence-electron chi connectivity index (χ4n) is 7.69. The van der Waals surface area contributed by atoms with Crippen molar-refractivity contribution in [3.63, 3.8) is 0 Å². The molecule has 0 aliphatic heterocycles. The van der Waals surface area contributed by atoms with Crippen molar-refractivity contribution in [2.24, 2.45) is 34.5 Å². The van der Waals surface area contributed by atoms with Crippen LogP contribution in [0.25, 0.3) is 0 Å². The smallest absolute Gasteiger partial charge is 0.329 e. The van der Waals surface area contributed by atoms with Crippen LogP contribution in [0, 0.1) is 34.5 Å². The fraction of sp³-hybridized carbons (Fsp3) is 0.826. The Morgan fingerprint density at radius 1 is 1.19 bits per heavy atom. The van der Waals surface area contributed by atoms with Gasteiger partial charge in [-0.3, -0.25) is 4.79 Å². The second kappa shape index (κ2) is 6.72.